The van der Waals surface area contributed by atoms with Crippen molar-refractivity contribution in [2.75, 3.05) is 0 Å². The summed E-state index contributed by atoms with van der Waals surface area (Å²) in [6, 6.07) is 55.8. The highest BCUT2D eigenvalue weighted by Crippen LogP contribution is 2.40. The predicted octanol–water partition coefficient (Wildman–Crippen LogP) is 12.2. The van der Waals surface area contributed by atoms with Crippen molar-refractivity contribution >= 4 is 54.1 Å². The van der Waals surface area contributed by atoms with Crippen molar-refractivity contribution in [2.45, 2.75) is 13.8 Å². The Morgan fingerprint density at radius 2 is 0.911 bits per heavy atom. The highest BCUT2D eigenvalue weighted by molar-refractivity contribution is 6.25. The van der Waals surface area contributed by atoms with E-state index in [9.17, 15) is 0 Å². The minimum Gasteiger partial charge on any atom is -0.309 e. The number of fused-ring (bicyclic) bond motifs is 9. The Morgan fingerprint density at radius 3 is 1.64 bits per heavy atom. The van der Waals surface area contributed by atoms with Crippen LogP contribution in [0.1, 0.15) is 11.1 Å². The van der Waals surface area contributed by atoms with E-state index in [0.29, 0.717) is 0 Å². The zero-order valence-electron chi connectivity index (χ0n) is 25.4. The number of aryl methyl sites for hydroxylation is 1. The molecule has 212 valence electrons. The Bertz CT molecular complexity index is 2580. The molecule has 0 atom stereocenters. The van der Waals surface area contributed by atoms with Gasteiger partial charge in [0, 0.05) is 16.5 Å². The van der Waals surface area contributed by atoms with Gasteiger partial charge in [0.15, 0.2) is 0 Å². The molecule has 0 aliphatic carbocycles. The van der Waals surface area contributed by atoms with Gasteiger partial charge in [-0.25, -0.2) is 0 Å². The predicted molar refractivity (Wildman–Crippen MR) is 194 cm³/mol. The summed E-state index contributed by atoms with van der Waals surface area (Å²) in [6.45, 7) is 4.45. The Hall–Kier alpha value is -5.66. The first-order valence-electron chi connectivity index (χ1n) is 15.7. The molecule has 0 fully saturated rings. The van der Waals surface area contributed by atoms with Gasteiger partial charge in [0.05, 0.1) is 11.0 Å². The van der Waals surface area contributed by atoms with Gasteiger partial charge in [-0.05, 0) is 110 Å². The summed E-state index contributed by atoms with van der Waals surface area (Å²) in [7, 11) is 0. The van der Waals surface area contributed by atoms with E-state index >= 15 is 0 Å². The van der Waals surface area contributed by atoms with Gasteiger partial charge in [0.2, 0.25) is 0 Å². The van der Waals surface area contributed by atoms with Crippen molar-refractivity contribution in [3.8, 4) is 27.9 Å². The van der Waals surface area contributed by atoms with Crippen molar-refractivity contribution in [1.82, 2.24) is 4.57 Å². The number of hydrogen-bond donors (Lipinski definition) is 0. The van der Waals surface area contributed by atoms with Gasteiger partial charge in [-0.1, -0.05) is 121 Å². The van der Waals surface area contributed by atoms with Gasteiger partial charge in [-0.15, -0.1) is 0 Å². The van der Waals surface area contributed by atoms with Crippen LogP contribution in [0, 0.1) is 13.8 Å². The average Bonchev–Trinajstić information content (AvgIpc) is 3.42. The lowest BCUT2D eigenvalue weighted by Gasteiger charge is -2.15. The Kier molecular flexibility index (Phi) is 5.70. The van der Waals surface area contributed by atoms with Gasteiger partial charge >= 0.3 is 0 Å². The van der Waals surface area contributed by atoms with Gasteiger partial charge in [-0.3, -0.25) is 0 Å². The molecule has 0 radical (unpaired) electrons. The maximum atomic E-state index is 2.44. The molecule has 0 N–H and O–H groups in total. The fraction of sp³-hybridized carbons (Fsp3) is 0.0455. The lowest BCUT2D eigenvalue weighted by Crippen LogP contribution is -1.95. The maximum Gasteiger partial charge on any atom is 0.0541 e. The molecule has 0 saturated heterocycles. The van der Waals surface area contributed by atoms with Crippen molar-refractivity contribution in [2.24, 2.45) is 0 Å². The highest BCUT2D eigenvalue weighted by Gasteiger charge is 2.16. The second-order valence-electron chi connectivity index (χ2n) is 12.2. The van der Waals surface area contributed by atoms with E-state index in [1.165, 1.54) is 93.2 Å². The van der Waals surface area contributed by atoms with Gasteiger partial charge in [0.1, 0.15) is 0 Å². The molecule has 1 heteroatoms. The van der Waals surface area contributed by atoms with E-state index in [2.05, 4.69) is 170 Å². The molecule has 45 heavy (non-hydrogen) atoms. The largest absolute Gasteiger partial charge is 0.309 e. The minimum atomic E-state index is 1.18. The van der Waals surface area contributed by atoms with Crippen LogP contribution in [0.15, 0.2) is 152 Å². The molecule has 0 unspecified atom stereocenters. The van der Waals surface area contributed by atoms with E-state index in [-0.39, 0.29) is 0 Å². The third kappa shape index (κ3) is 3.87. The fourth-order valence-corrected chi connectivity index (χ4v) is 7.57. The highest BCUT2D eigenvalue weighted by atomic mass is 15.0. The van der Waals surface area contributed by atoms with E-state index in [1.54, 1.807) is 0 Å². The number of rotatable bonds is 3. The third-order valence-electron chi connectivity index (χ3n) is 9.74. The van der Waals surface area contributed by atoms with Crippen LogP contribution in [0.2, 0.25) is 0 Å². The van der Waals surface area contributed by atoms with E-state index in [0.717, 1.165) is 0 Å². The molecule has 9 aromatic rings. The van der Waals surface area contributed by atoms with Crippen molar-refractivity contribution < 1.29 is 0 Å². The zero-order valence-corrected chi connectivity index (χ0v) is 25.4. The lowest BCUT2D eigenvalue weighted by molar-refractivity contribution is 1.19. The van der Waals surface area contributed by atoms with Crippen LogP contribution < -0.4 is 0 Å². The van der Waals surface area contributed by atoms with Gasteiger partial charge < -0.3 is 4.57 Å². The Balaban J connectivity index is 1.28. The smallest absolute Gasteiger partial charge is 0.0541 e. The molecule has 0 bridgehead atoms. The van der Waals surface area contributed by atoms with Crippen LogP contribution >= 0.6 is 0 Å². The number of hydrogen-bond acceptors (Lipinski definition) is 0. The summed E-state index contributed by atoms with van der Waals surface area (Å²) < 4.78 is 2.44. The summed E-state index contributed by atoms with van der Waals surface area (Å²) in [5.41, 5.74) is 11.3. The summed E-state index contributed by atoms with van der Waals surface area (Å²) >= 11 is 0. The molecule has 9 rings (SSSR count). The number of benzene rings is 8. The molecule has 0 saturated carbocycles. The van der Waals surface area contributed by atoms with Crippen LogP contribution in [0.4, 0.5) is 0 Å². The first kappa shape index (κ1) is 25.8. The quantitative estimate of drug-likeness (QED) is 0.185. The molecule has 1 nitrogen and oxygen atoms in total. The van der Waals surface area contributed by atoms with Gasteiger partial charge in [-0.2, -0.15) is 0 Å². The molecule has 0 spiro atoms. The normalized spacial score (nSPS) is 11.8. The second kappa shape index (κ2) is 9.94. The van der Waals surface area contributed by atoms with E-state index in [1.807, 2.05) is 0 Å². The van der Waals surface area contributed by atoms with Crippen LogP contribution in [0.5, 0.6) is 0 Å². The van der Waals surface area contributed by atoms with Crippen molar-refractivity contribution in [3.63, 3.8) is 0 Å². The third-order valence-corrected chi connectivity index (χ3v) is 9.74. The Labute approximate surface area is 262 Å². The van der Waals surface area contributed by atoms with Crippen molar-refractivity contribution in [3.05, 3.63) is 163 Å². The van der Waals surface area contributed by atoms with E-state index in [4.69, 9.17) is 0 Å². The monoisotopic (exact) mass is 573 g/mol. The molecule has 1 aromatic heterocycles. The first-order valence-corrected chi connectivity index (χ1v) is 15.7. The molecular formula is C44H31N. The van der Waals surface area contributed by atoms with Gasteiger partial charge in [0.25, 0.3) is 0 Å². The van der Waals surface area contributed by atoms with Crippen LogP contribution in [-0.4, -0.2) is 4.57 Å². The molecular weight excluding hydrogens is 542 g/mol. The standard InChI is InChI=1S/C44H31N/c1-28-12-3-4-13-32(28)34-20-11-19-33(29(34)2)30-22-25-44-42(26-30)40-18-9-10-21-43(40)45(44)31-23-24-39-37-16-6-5-14-35(37)36-15-7-8-17-38(36)41(39)27-31/h3-27H,1-2H3. The summed E-state index contributed by atoms with van der Waals surface area (Å²) in [6.07, 6.45) is 0. The summed E-state index contributed by atoms with van der Waals surface area (Å²) in [5.74, 6) is 0. The molecule has 1 heterocycles. The SMILES string of the molecule is Cc1ccccc1-c1cccc(-c2ccc3c(c2)c2ccccc2n3-c2ccc3c4ccccc4c4ccccc4c3c2)c1C. The van der Waals surface area contributed by atoms with E-state index < -0.39 is 0 Å². The minimum absolute atomic E-state index is 1.18. The second-order valence-corrected chi connectivity index (χ2v) is 12.2. The zero-order chi connectivity index (χ0) is 30.1. The van der Waals surface area contributed by atoms with Crippen LogP contribution in [0.25, 0.3) is 82.1 Å². The van der Waals surface area contributed by atoms with Crippen LogP contribution in [0.3, 0.4) is 0 Å². The number of aromatic nitrogens is 1. The molecule has 8 aromatic carbocycles. The maximum absolute atomic E-state index is 2.44. The summed E-state index contributed by atoms with van der Waals surface area (Å²) in [5, 5.41) is 10.3. The average molecular weight is 574 g/mol. The Morgan fingerprint density at radius 1 is 0.356 bits per heavy atom. The van der Waals surface area contributed by atoms with Crippen LogP contribution in [-0.2, 0) is 0 Å². The fourth-order valence-electron chi connectivity index (χ4n) is 7.57. The summed E-state index contributed by atoms with van der Waals surface area (Å²) in [4.78, 5) is 0. The molecule has 0 aliphatic heterocycles. The topological polar surface area (TPSA) is 4.93 Å². The first-order chi connectivity index (χ1) is 22.2. The molecule has 0 aliphatic rings. The number of nitrogens with zero attached hydrogens (tertiary/aromatic N) is 1. The lowest BCUT2D eigenvalue weighted by atomic mass is 9.90. The van der Waals surface area contributed by atoms with Crippen molar-refractivity contribution in [1.29, 1.82) is 0 Å². The number of para-hydroxylation sites is 1. The molecule has 0 amide bonds.